The van der Waals surface area contributed by atoms with Crippen molar-refractivity contribution in [2.24, 2.45) is 0 Å². The molecule has 0 aliphatic carbocycles. The van der Waals surface area contributed by atoms with E-state index in [0.29, 0.717) is 27.6 Å². The van der Waals surface area contributed by atoms with Crippen molar-refractivity contribution in [1.29, 1.82) is 0 Å². The van der Waals surface area contributed by atoms with Crippen LogP contribution in [0.25, 0.3) is 0 Å². The summed E-state index contributed by atoms with van der Waals surface area (Å²) >= 11 is 15.2. The summed E-state index contributed by atoms with van der Waals surface area (Å²) in [5.74, 6) is -0.395. The molecule has 0 saturated carbocycles. The maximum Gasteiger partial charge on any atom is 0.124 e. The summed E-state index contributed by atoms with van der Waals surface area (Å²) in [7, 11) is 0. The van der Waals surface area contributed by atoms with E-state index in [1.807, 2.05) is 0 Å². The molecule has 19 heavy (non-hydrogen) atoms. The minimum Gasteiger partial charge on any atom is -0.388 e. The second kappa shape index (κ2) is 6.23. The molecule has 2 rings (SSSR count). The molecule has 0 aliphatic heterocycles. The van der Waals surface area contributed by atoms with Crippen molar-refractivity contribution >= 4 is 39.1 Å². The lowest BCUT2D eigenvalue weighted by molar-refractivity contribution is 0.178. The zero-order chi connectivity index (χ0) is 14.0. The average Bonchev–Trinajstić information content (AvgIpc) is 2.31. The summed E-state index contributed by atoms with van der Waals surface area (Å²) in [6.45, 7) is 0. The molecule has 0 radical (unpaired) electrons. The Bertz CT molecular complexity index is 584. The number of benzene rings is 2. The van der Waals surface area contributed by atoms with Crippen molar-refractivity contribution in [2.75, 3.05) is 0 Å². The SMILES string of the molecule is OC(Cc1ccc(F)cc1Cl)c1cc(Cl)cc(Br)c1. The highest BCUT2D eigenvalue weighted by atomic mass is 79.9. The molecular weight excluding hydrogens is 354 g/mol. The minimum atomic E-state index is -0.752. The second-order valence-corrected chi connectivity index (χ2v) is 5.92. The van der Waals surface area contributed by atoms with Crippen LogP contribution in [0.3, 0.4) is 0 Å². The predicted molar refractivity (Wildman–Crippen MR) is 79.2 cm³/mol. The molecule has 1 atom stereocenters. The summed E-state index contributed by atoms with van der Waals surface area (Å²) in [6.07, 6.45) is -0.454. The van der Waals surface area contributed by atoms with Gasteiger partial charge in [0.1, 0.15) is 5.82 Å². The van der Waals surface area contributed by atoms with E-state index < -0.39 is 11.9 Å². The summed E-state index contributed by atoms with van der Waals surface area (Å²) in [5, 5.41) is 11.0. The van der Waals surface area contributed by atoms with Crippen LogP contribution in [0.4, 0.5) is 4.39 Å². The number of rotatable bonds is 3. The van der Waals surface area contributed by atoms with E-state index in [0.717, 1.165) is 4.47 Å². The fourth-order valence-electron chi connectivity index (χ4n) is 1.78. The van der Waals surface area contributed by atoms with Gasteiger partial charge in [-0.3, -0.25) is 0 Å². The Kier molecular flexibility index (Phi) is 4.85. The number of halogens is 4. The number of aliphatic hydroxyl groups is 1. The molecule has 0 bridgehead atoms. The Balaban J connectivity index is 2.22. The highest BCUT2D eigenvalue weighted by Gasteiger charge is 2.12. The monoisotopic (exact) mass is 362 g/mol. The van der Waals surface area contributed by atoms with Crippen LogP contribution in [-0.4, -0.2) is 5.11 Å². The van der Waals surface area contributed by atoms with Crippen LogP contribution in [0.2, 0.25) is 10.0 Å². The Morgan fingerprint density at radius 1 is 1.16 bits per heavy atom. The zero-order valence-electron chi connectivity index (χ0n) is 9.71. The Morgan fingerprint density at radius 3 is 2.53 bits per heavy atom. The highest BCUT2D eigenvalue weighted by Crippen LogP contribution is 2.28. The quantitative estimate of drug-likeness (QED) is 0.797. The van der Waals surface area contributed by atoms with Crippen LogP contribution in [-0.2, 0) is 6.42 Å². The lowest BCUT2D eigenvalue weighted by Gasteiger charge is -2.13. The molecule has 1 nitrogen and oxygen atoms in total. The zero-order valence-corrected chi connectivity index (χ0v) is 12.8. The van der Waals surface area contributed by atoms with Crippen LogP contribution in [0.5, 0.6) is 0 Å². The fraction of sp³-hybridized carbons (Fsp3) is 0.143. The van der Waals surface area contributed by atoms with Gasteiger partial charge in [0.25, 0.3) is 0 Å². The smallest absolute Gasteiger partial charge is 0.124 e. The van der Waals surface area contributed by atoms with Gasteiger partial charge in [-0.2, -0.15) is 0 Å². The molecule has 100 valence electrons. The molecule has 5 heteroatoms. The highest BCUT2D eigenvalue weighted by molar-refractivity contribution is 9.10. The normalized spacial score (nSPS) is 12.5. The van der Waals surface area contributed by atoms with Gasteiger partial charge in [-0.05, 0) is 41.5 Å². The van der Waals surface area contributed by atoms with Gasteiger partial charge in [0.2, 0.25) is 0 Å². The van der Waals surface area contributed by atoms with E-state index in [-0.39, 0.29) is 0 Å². The molecule has 1 unspecified atom stereocenters. The third-order valence-electron chi connectivity index (χ3n) is 2.70. The van der Waals surface area contributed by atoms with Crippen LogP contribution >= 0.6 is 39.1 Å². The van der Waals surface area contributed by atoms with E-state index >= 15 is 0 Å². The van der Waals surface area contributed by atoms with E-state index in [1.54, 1.807) is 24.3 Å². The van der Waals surface area contributed by atoms with Gasteiger partial charge in [-0.15, -0.1) is 0 Å². The molecule has 2 aromatic carbocycles. The van der Waals surface area contributed by atoms with Gasteiger partial charge in [-0.1, -0.05) is 45.2 Å². The maximum atomic E-state index is 12.9. The minimum absolute atomic E-state index is 0.298. The first-order valence-electron chi connectivity index (χ1n) is 5.53. The van der Waals surface area contributed by atoms with Crippen LogP contribution in [0, 0.1) is 5.82 Å². The lowest BCUT2D eigenvalue weighted by Crippen LogP contribution is -2.02. The molecule has 0 aliphatic rings. The van der Waals surface area contributed by atoms with Gasteiger partial charge in [-0.25, -0.2) is 4.39 Å². The molecule has 1 N–H and O–H groups in total. The second-order valence-electron chi connectivity index (χ2n) is 4.16. The molecule has 2 aromatic rings. The van der Waals surface area contributed by atoms with E-state index in [1.165, 1.54) is 12.1 Å². The summed E-state index contributed by atoms with van der Waals surface area (Å²) in [5.41, 5.74) is 1.37. The largest absolute Gasteiger partial charge is 0.388 e. The molecule has 0 heterocycles. The Hall–Kier alpha value is -0.610. The third kappa shape index (κ3) is 3.93. The summed E-state index contributed by atoms with van der Waals surface area (Å²) < 4.78 is 13.7. The number of aliphatic hydroxyl groups excluding tert-OH is 1. The molecule has 0 aromatic heterocycles. The Morgan fingerprint density at radius 2 is 1.89 bits per heavy atom. The van der Waals surface area contributed by atoms with E-state index in [4.69, 9.17) is 23.2 Å². The number of hydrogen-bond donors (Lipinski definition) is 1. The molecule has 0 saturated heterocycles. The van der Waals surface area contributed by atoms with Crippen molar-refractivity contribution in [3.63, 3.8) is 0 Å². The molecular formula is C14H10BrCl2FO. The van der Waals surface area contributed by atoms with Gasteiger partial charge >= 0.3 is 0 Å². The van der Waals surface area contributed by atoms with Gasteiger partial charge in [0.15, 0.2) is 0 Å². The lowest BCUT2D eigenvalue weighted by atomic mass is 10.0. The first kappa shape index (κ1) is 14.8. The van der Waals surface area contributed by atoms with Crippen molar-refractivity contribution < 1.29 is 9.50 Å². The molecule has 0 spiro atoms. The average molecular weight is 364 g/mol. The maximum absolute atomic E-state index is 12.9. The van der Waals surface area contributed by atoms with Crippen molar-refractivity contribution in [3.8, 4) is 0 Å². The summed E-state index contributed by atoms with van der Waals surface area (Å²) in [6, 6.07) is 9.34. The van der Waals surface area contributed by atoms with Crippen molar-refractivity contribution in [3.05, 3.63) is 67.9 Å². The molecule has 0 amide bonds. The van der Waals surface area contributed by atoms with Crippen LogP contribution in [0.15, 0.2) is 40.9 Å². The standard InChI is InChI=1S/C14H10BrCl2FO/c15-10-3-9(4-11(16)6-10)14(19)5-8-1-2-12(18)7-13(8)17/h1-4,6-7,14,19H,5H2. The summed E-state index contributed by atoms with van der Waals surface area (Å²) in [4.78, 5) is 0. The molecule has 0 fully saturated rings. The Labute approximate surface area is 129 Å². The van der Waals surface area contributed by atoms with Crippen LogP contribution < -0.4 is 0 Å². The predicted octanol–water partition coefficient (Wildman–Crippen LogP) is 5.17. The van der Waals surface area contributed by atoms with Crippen LogP contribution in [0.1, 0.15) is 17.2 Å². The van der Waals surface area contributed by atoms with Gasteiger partial charge < -0.3 is 5.11 Å². The first-order valence-corrected chi connectivity index (χ1v) is 7.08. The van der Waals surface area contributed by atoms with Crippen molar-refractivity contribution in [1.82, 2.24) is 0 Å². The van der Waals surface area contributed by atoms with Gasteiger partial charge in [0.05, 0.1) is 6.10 Å². The van der Waals surface area contributed by atoms with Crippen molar-refractivity contribution in [2.45, 2.75) is 12.5 Å². The number of hydrogen-bond acceptors (Lipinski definition) is 1. The van der Waals surface area contributed by atoms with E-state index in [2.05, 4.69) is 15.9 Å². The fourth-order valence-corrected chi connectivity index (χ4v) is 2.91. The van der Waals surface area contributed by atoms with E-state index in [9.17, 15) is 9.50 Å². The first-order chi connectivity index (χ1) is 8.95. The van der Waals surface area contributed by atoms with Gasteiger partial charge in [0, 0.05) is 20.9 Å². The topological polar surface area (TPSA) is 20.2 Å². The third-order valence-corrected chi connectivity index (χ3v) is 3.73.